The fraction of sp³-hybridized carbons (Fsp3) is 0.500. The number of anilines is 1. The van der Waals surface area contributed by atoms with Gasteiger partial charge in [0.2, 0.25) is 0 Å². The van der Waals surface area contributed by atoms with Crippen LogP contribution >= 0.6 is 0 Å². The van der Waals surface area contributed by atoms with Crippen molar-refractivity contribution in [2.75, 3.05) is 32.6 Å². The fourth-order valence-electron chi connectivity index (χ4n) is 1.59. The van der Waals surface area contributed by atoms with E-state index >= 15 is 0 Å². The van der Waals surface area contributed by atoms with E-state index in [1.807, 2.05) is 19.0 Å². The number of rotatable bonds is 7. The number of ether oxygens (including phenoxy) is 1. The molecule has 6 nitrogen and oxygen atoms in total. The van der Waals surface area contributed by atoms with Crippen molar-refractivity contribution in [3.05, 3.63) is 23.9 Å². The molecule has 0 aliphatic carbocycles. The van der Waals surface area contributed by atoms with E-state index in [4.69, 9.17) is 0 Å². The molecule has 1 rings (SSSR count). The van der Waals surface area contributed by atoms with Crippen LogP contribution in [0.3, 0.4) is 0 Å². The molecule has 0 atom stereocenters. The second kappa shape index (κ2) is 8.14. The van der Waals surface area contributed by atoms with Crippen LogP contribution in [0.1, 0.15) is 29.6 Å². The van der Waals surface area contributed by atoms with Gasteiger partial charge in [-0.25, -0.2) is 4.98 Å². The molecule has 0 bridgehead atoms. The van der Waals surface area contributed by atoms with E-state index in [1.165, 1.54) is 7.11 Å². The topological polar surface area (TPSA) is 71.5 Å². The summed E-state index contributed by atoms with van der Waals surface area (Å²) in [5.74, 6) is 0.431. The Balaban J connectivity index is 2.30. The Kier molecular flexibility index (Phi) is 6.49. The quantitative estimate of drug-likeness (QED) is 0.600. The van der Waals surface area contributed by atoms with E-state index in [2.05, 4.69) is 15.0 Å². The molecule has 0 radical (unpaired) electrons. The number of hydrogen-bond donors (Lipinski definition) is 1. The zero-order valence-electron chi connectivity index (χ0n) is 12.2. The van der Waals surface area contributed by atoms with Crippen molar-refractivity contribution in [2.45, 2.75) is 19.3 Å². The Morgan fingerprint density at radius 1 is 1.30 bits per heavy atom. The Hall–Kier alpha value is -2.11. The minimum Gasteiger partial charge on any atom is -0.469 e. The Labute approximate surface area is 119 Å². The van der Waals surface area contributed by atoms with Crippen LogP contribution in [0.25, 0.3) is 0 Å². The number of esters is 1. The van der Waals surface area contributed by atoms with Gasteiger partial charge in [0, 0.05) is 33.3 Å². The predicted octanol–water partition coefficient (Wildman–Crippen LogP) is 1.22. The molecular formula is C14H21N3O3. The summed E-state index contributed by atoms with van der Waals surface area (Å²) in [6.07, 6.45) is 3.37. The first-order valence-electron chi connectivity index (χ1n) is 6.53. The van der Waals surface area contributed by atoms with Crippen LogP contribution < -0.4 is 10.2 Å². The molecule has 0 saturated heterocycles. The van der Waals surface area contributed by atoms with Gasteiger partial charge in [-0.2, -0.15) is 0 Å². The second-order valence-electron chi connectivity index (χ2n) is 4.59. The molecule has 0 saturated carbocycles. The third-order valence-electron chi connectivity index (χ3n) is 2.79. The molecule has 1 N–H and O–H groups in total. The van der Waals surface area contributed by atoms with Gasteiger partial charge in [-0.15, -0.1) is 0 Å². The van der Waals surface area contributed by atoms with Crippen LogP contribution in [-0.4, -0.2) is 44.6 Å². The second-order valence-corrected chi connectivity index (χ2v) is 4.59. The summed E-state index contributed by atoms with van der Waals surface area (Å²) in [6.45, 7) is 0.533. The Bertz CT molecular complexity index is 443. The van der Waals surface area contributed by atoms with E-state index in [1.54, 1.807) is 18.3 Å². The highest BCUT2D eigenvalue weighted by Gasteiger charge is 2.06. The average Bonchev–Trinajstić information content (AvgIpc) is 2.46. The molecule has 1 amide bonds. The molecular weight excluding hydrogens is 258 g/mol. The molecule has 0 spiro atoms. The van der Waals surface area contributed by atoms with Crippen LogP contribution in [0.15, 0.2) is 18.3 Å². The lowest BCUT2D eigenvalue weighted by Gasteiger charge is -2.11. The minimum atomic E-state index is -0.222. The number of carbonyl (C=O) groups excluding carboxylic acids is 2. The first-order chi connectivity index (χ1) is 9.54. The van der Waals surface area contributed by atoms with Crippen LogP contribution in [-0.2, 0) is 9.53 Å². The highest BCUT2D eigenvalue weighted by molar-refractivity contribution is 5.94. The van der Waals surface area contributed by atoms with Crippen LogP contribution in [0, 0.1) is 0 Å². The van der Waals surface area contributed by atoms with E-state index in [0.29, 0.717) is 24.9 Å². The molecule has 0 aliphatic rings. The number of aromatic nitrogens is 1. The van der Waals surface area contributed by atoms with Gasteiger partial charge in [-0.1, -0.05) is 0 Å². The maximum Gasteiger partial charge on any atom is 0.305 e. The molecule has 0 fully saturated rings. The normalized spacial score (nSPS) is 9.95. The lowest BCUT2D eigenvalue weighted by Crippen LogP contribution is -2.24. The molecule has 0 aromatic carbocycles. The van der Waals surface area contributed by atoms with Crippen LogP contribution in [0.4, 0.5) is 5.82 Å². The highest BCUT2D eigenvalue weighted by Crippen LogP contribution is 2.07. The van der Waals surface area contributed by atoms with Crippen molar-refractivity contribution in [1.82, 2.24) is 10.3 Å². The lowest BCUT2D eigenvalue weighted by atomic mass is 10.2. The summed E-state index contributed by atoms with van der Waals surface area (Å²) in [6, 6.07) is 3.54. The van der Waals surface area contributed by atoms with E-state index in [-0.39, 0.29) is 11.9 Å². The number of hydrogen-bond acceptors (Lipinski definition) is 5. The van der Waals surface area contributed by atoms with Crippen molar-refractivity contribution in [2.24, 2.45) is 0 Å². The number of nitrogens with zero attached hydrogens (tertiary/aromatic N) is 2. The van der Waals surface area contributed by atoms with Crippen molar-refractivity contribution in [1.29, 1.82) is 0 Å². The molecule has 20 heavy (non-hydrogen) atoms. The summed E-state index contributed by atoms with van der Waals surface area (Å²) in [5.41, 5.74) is 0.531. The molecule has 1 aromatic heterocycles. The number of carbonyl (C=O) groups is 2. The summed E-state index contributed by atoms with van der Waals surface area (Å²) in [5, 5.41) is 2.79. The largest absolute Gasteiger partial charge is 0.469 e. The molecule has 1 aromatic rings. The summed E-state index contributed by atoms with van der Waals surface area (Å²) >= 11 is 0. The highest BCUT2D eigenvalue weighted by atomic mass is 16.5. The Morgan fingerprint density at radius 2 is 2.05 bits per heavy atom. The third-order valence-corrected chi connectivity index (χ3v) is 2.79. The molecule has 110 valence electrons. The zero-order valence-corrected chi connectivity index (χ0v) is 12.2. The van der Waals surface area contributed by atoms with E-state index in [0.717, 1.165) is 12.2 Å². The summed E-state index contributed by atoms with van der Waals surface area (Å²) in [4.78, 5) is 28.8. The first kappa shape index (κ1) is 15.9. The summed E-state index contributed by atoms with van der Waals surface area (Å²) in [7, 11) is 5.15. The van der Waals surface area contributed by atoms with Gasteiger partial charge >= 0.3 is 5.97 Å². The van der Waals surface area contributed by atoms with Gasteiger partial charge in [0.1, 0.15) is 5.82 Å². The van der Waals surface area contributed by atoms with Gasteiger partial charge < -0.3 is 15.0 Å². The van der Waals surface area contributed by atoms with E-state index < -0.39 is 0 Å². The number of methoxy groups -OCH3 is 1. The van der Waals surface area contributed by atoms with Crippen molar-refractivity contribution >= 4 is 17.7 Å². The minimum absolute atomic E-state index is 0.152. The molecule has 0 unspecified atom stereocenters. The lowest BCUT2D eigenvalue weighted by molar-refractivity contribution is -0.140. The molecule has 6 heteroatoms. The van der Waals surface area contributed by atoms with Gasteiger partial charge in [0.25, 0.3) is 5.91 Å². The molecule has 1 heterocycles. The average molecular weight is 279 g/mol. The number of nitrogens with one attached hydrogen (secondary N) is 1. The Morgan fingerprint density at radius 3 is 2.60 bits per heavy atom. The SMILES string of the molecule is COC(=O)CCCCNC(=O)c1ccc(N(C)C)nc1. The standard InChI is InChI=1S/C14H21N3O3/c1-17(2)12-8-7-11(10-16-12)14(19)15-9-5-4-6-13(18)20-3/h7-8,10H,4-6,9H2,1-3H3,(H,15,19). The maximum atomic E-state index is 11.8. The van der Waals surface area contributed by atoms with Crippen LogP contribution in [0.2, 0.25) is 0 Å². The molecule has 0 aliphatic heterocycles. The zero-order chi connectivity index (χ0) is 15.0. The van der Waals surface area contributed by atoms with Crippen molar-refractivity contribution < 1.29 is 14.3 Å². The monoisotopic (exact) mass is 279 g/mol. The predicted molar refractivity (Wildman–Crippen MR) is 76.8 cm³/mol. The van der Waals surface area contributed by atoms with E-state index in [9.17, 15) is 9.59 Å². The van der Waals surface area contributed by atoms with Gasteiger partial charge in [0.15, 0.2) is 0 Å². The van der Waals surface area contributed by atoms with Crippen molar-refractivity contribution in [3.63, 3.8) is 0 Å². The first-order valence-corrected chi connectivity index (χ1v) is 6.53. The van der Waals surface area contributed by atoms with Crippen molar-refractivity contribution in [3.8, 4) is 0 Å². The van der Waals surface area contributed by atoms with Gasteiger partial charge in [0.05, 0.1) is 12.7 Å². The number of unbranched alkanes of at least 4 members (excludes halogenated alkanes) is 1. The van der Waals surface area contributed by atoms with Gasteiger partial charge in [-0.05, 0) is 25.0 Å². The maximum absolute atomic E-state index is 11.8. The third kappa shape index (κ3) is 5.26. The summed E-state index contributed by atoms with van der Waals surface area (Å²) < 4.78 is 4.54. The van der Waals surface area contributed by atoms with Crippen LogP contribution in [0.5, 0.6) is 0 Å². The number of amides is 1. The fourth-order valence-corrected chi connectivity index (χ4v) is 1.59. The smallest absolute Gasteiger partial charge is 0.305 e. The number of pyridine rings is 1. The van der Waals surface area contributed by atoms with Gasteiger partial charge in [-0.3, -0.25) is 9.59 Å².